The molecule has 0 saturated heterocycles. The number of aromatic nitrogens is 2. The summed E-state index contributed by atoms with van der Waals surface area (Å²) in [5.41, 5.74) is 7.39. The molecule has 0 radical (unpaired) electrons. The largest absolute Gasteiger partial charge is 0.490 e. The number of nitrogen functional groups attached to an aromatic ring is 1. The monoisotopic (exact) mass is 304 g/mol. The summed E-state index contributed by atoms with van der Waals surface area (Å²) in [6.07, 6.45) is 3.56. The van der Waals surface area contributed by atoms with Crippen LogP contribution in [0.4, 0.5) is 11.4 Å². The van der Waals surface area contributed by atoms with Gasteiger partial charge >= 0.3 is 0 Å². The van der Waals surface area contributed by atoms with Crippen LogP contribution in [0, 0.1) is 16.0 Å². The van der Waals surface area contributed by atoms with E-state index in [1.165, 1.54) is 6.07 Å². The molecule has 0 saturated carbocycles. The normalized spacial score (nSPS) is 10.9. The molecule has 0 bridgehead atoms. The van der Waals surface area contributed by atoms with Gasteiger partial charge in [-0.3, -0.25) is 14.8 Å². The first-order valence-electron chi connectivity index (χ1n) is 7.16. The Balaban J connectivity index is 2.51. The average Bonchev–Trinajstić information content (AvgIpc) is 2.93. The predicted octanol–water partition coefficient (Wildman–Crippen LogP) is 3.10. The van der Waals surface area contributed by atoms with Gasteiger partial charge in [0.25, 0.3) is 5.69 Å². The molecule has 0 amide bonds. The summed E-state index contributed by atoms with van der Waals surface area (Å²) in [5, 5.41) is 15.3. The fourth-order valence-electron chi connectivity index (χ4n) is 2.06. The van der Waals surface area contributed by atoms with Crippen molar-refractivity contribution in [3.05, 3.63) is 34.6 Å². The van der Waals surface area contributed by atoms with Crippen LogP contribution in [0.3, 0.4) is 0 Å². The maximum Gasteiger partial charge on any atom is 0.295 e. The second-order valence-electron chi connectivity index (χ2n) is 5.42. The van der Waals surface area contributed by atoms with Gasteiger partial charge in [0.1, 0.15) is 0 Å². The molecule has 1 aromatic carbocycles. The van der Waals surface area contributed by atoms with E-state index in [0.717, 1.165) is 12.1 Å². The third-order valence-electron chi connectivity index (χ3n) is 3.20. The molecule has 2 N–H and O–H groups in total. The summed E-state index contributed by atoms with van der Waals surface area (Å²) in [4.78, 5) is 10.6. The third kappa shape index (κ3) is 3.19. The average molecular weight is 304 g/mol. The Morgan fingerprint density at radius 2 is 2.18 bits per heavy atom. The smallest absolute Gasteiger partial charge is 0.295 e. The molecule has 0 atom stereocenters. The Kier molecular flexibility index (Phi) is 4.65. The second kappa shape index (κ2) is 6.46. The molecule has 1 aromatic heterocycles. The highest BCUT2D eigenvalue weighted by Crippen LogP contribution is 2.40. The van der Waals surface area contributed by atoms with Crippen LogP contribution in [0.2, 0.25) is 0 Å². The minimum absolute atomic E-state index is 0.0485. The molecule has 1 heterocycles. The van der Waals surface area contributed by atoms with E-state index in [4.69, 9.17) is 10.5 Å². The maximum atomic E-state index is 11.1. The Bertz CT molecular complexity index is 679. The zero-order valence-electron chi connectivity index (χ0n) is 12.9. The molecular formula is C15H20N4O3. The van der Waals surface area contributed by atoms with E-state index in [-0.39, 0.29) is 17.3 Å². The van der Waals surface area contributed by atoms with Crippen LogP contribution in [0.15, 0.2) is 24.5 Å². The van der Waals surface area contributed by atoms with Crippen LogP contribution in [0.5, 0.6) is 5.75 Å². The molecule has 2 aromatic rings. The number of benzene rings is 1. The summed E-state index contributed by atoms with van der Waals surface area (Å²) >= 11 is 0. The van der Waals surface area contributed by atoms with E-state index < -0.39 is 4.92 Å². The summed E-state index contributed by atoms with van der Waals surface area (Å²) in [5.74, 6) is 0.628. The van der Waals surface area contributed by atoms with Crippen LogP contribution in [-0.4, -0.2) is 21.3 Å². The molecule has 2 rings (SSSR count). The van der Waals surface area contributed by atoms with Gasteiger partial charge in [-0.2, -0.15) is 5.10 Å². The van der Waals surface area contributed by atoms with Gasteiger partial charge in [-0.25, -0.2) is 0 Å². The lowest BCUT2D eigenvalue weighted by Crippen LogP contribution is -2.08. The predicted molar refractivity (Wildman–Crippen MR) is 84.7 cm³/mol. The first-order valence-corrected chi connectivity index (χ1v) is 7.16. The van der Waals surface area contributed by atoms with Gasteiger partial charge in [0.05, 0.1) is 17.7 Å². The highest BCUT2D eigenvalue weighted by Gasteiger charge is 2.21. The number of nitrogens with zero attached hydrogens (tertiary/aromatic N) is 3. The van der Waals surface area contributed by atoms with Crippen molar-refractivity contribution in [3.8, 4) is 16.9 Å². The van der Waals surface area contributed by atoms with Crippen LogP contribution < -0.4 is 10.5 Å². The van der Waals surface area contributed by atoms with Crippen LogP contribution in [-0.2, 0) is 6.54 Å². The van der Waals surface area contributed by atoms with E-state index in [2.05, 4.69) is 5.10 Å². The van der Waals surface area contributed by atoms with Gasteiger partial charge in [-0.1, -0.05) is 13.8 Å². The quantitative estimate of drug-likeness (QED) is 0.502. The van der Waals surface area contributed by atoms with Crippen molar-refractivity contribution in [2.75, 3.05) is 12.3 Å². The highest BCUT2D eigenvalue weighted by molar-refractivity contribution is 5.82. The van der Waals surface area contributed by atoms with E-state index in [0.29, 0.717) is 17.9 Å². The van der Waals surface area contributed by atoms with E-state index >= 15 is 0 Å². The number of hydrogen-bond acceptors (Lipinski definition) is 5. The van der Waals surface area contributed by atoms with Crippen molar-refractivity contribution in [2.45, 2.75) is 27.3 Å². The van der Waals surface area contributed by atoms with Gasteiger partial charge in [-0.15, -0.1) is 0 Å². The van der Waals surface area contributed by atoms with Crippen molar-refractivity contribution < 1.29 is 9.66 Å². The molecule has 0 unspecified atom stereocenters. The van der Waals surface area contributed by atoms with Crippen LogP contribution >= 0.6 is 0 Å². The lowest BCUT2D eigenvalue weighted by Gasteiger charge is -2.14. The number of nitrogens with two attached hydrogens (primary N) is 1. The zero-order chi connectivity index (χ0) is 16.3. The van der Waals surface area contributed by atoms with Gasteiger partial charge in [0, 0.05) is 29.9 Å². The Labute approximate surface area is 128 Å². The van der Waals surface area contributed by atoms with E-state index in [9.17, 15) is 10.1 Å². The van der Waals surface area contributed by atoms with Crippen molar-refractivity contribution >= 4 is 11.4 Å². The Morgan fingerprint density at radius 1 is 1.45 bits per heavy atom. The number of nitro groups is 1. The molecule has 118 valence electrons. The zero-order valence-corrected chi connectivity index (χ0v) is 12.9. The molecule has 7 heteroatoms. The lowest BCUT2D eigenvalue weighted by molar-refractivity contribution is -0.383. The topological polar surface area (TPSA) is 96.2 Å². The number of hydrogen-bond donors (Lipinski definition) is 1. The standard InChI is InChI=1S/C15H20N4O3/c1-4-18-8-11(7-17-18)12-5-6-13(19(20)21)14(16)15(12)22-9-10(2)3/h5-8,10H,4,9,16H2,1-3H3. The van der Waals surface area contributed by atoms with E-state index in [1.54, 1.807) is 16.9 Å². The summed E-state index contributed by atoms with van der Waals surface area (Å²) in [6, 6.07) is 3.05. The van der Waals surface area contributed by atoms with Crippen molar-refractivity contribution in [1.29, 1.82) is 0 Å². The van der Waals surface area contributed by atoms with Gasteiger partial charge < -0.3 is 10.5 Å². The molecule has 22 heavy (non-hydrogen) atoms. The number of aryl methyl sites for hydroxylation is 1. The van der Waals surface area contributed by atoms with Gasteiger partial charge in [-0.05, 0) is 18.9 Å². The molecule has 0 aliphatic carbocycles. The summed E-state index contributed by atoms with van der Waals surface area (Å²) < 4.78 is 7.53. The molecular weight excluding hydrogens is 284 g/mol. The summed E-state index contributed by atoms with van der Waals surface area (Å²) in [7, 11) is 0. The SMILES string of the molecule is CCn1cc(-c2ccc([N+](=O)[O-])c(N)c2OCC(C)C)cn1. The van der Waals surface area contributed by atoms with Crippen LogP contribution in [0.1, 0.15) is 20.8 Å². The van der Waals surface area contributed by atoms with Gasteiger partial charge in [0.2, 0.25) is 0 Å². The van der Waals surface area contributed by atoms with E-state index in [1.807, 2.05) is 27.0 Å². The first-order chi connectivity index (χ1) is 10.4. The van der Waals surface area contributed by atoms with Gasteiger partial charge in [0.15, 0.2) is 11.4 Å². The molecule has 0 spiro atoms. The second-order valence-corrected chi connectivity index (χ2v) is 5.42. The van der Waals surface area contributed by atoms with Crippen molar-refractivity contribution in [2.24, 2.45) is 5.92 Å². The summed E-state index contributed by atoms with van der Waals surface area (Å²) in [6.45, 7) is 7.16. The Morgan fingerprint density at radius 3 is 2.73 bits per heavy atom. The maximum absolute atomic E-state index is 11.1. The highest BCUT2D eigenvalue weighted by atomic mass is 16.6. The number of anilines is 1. The van der Waals surface area contributed by atoms with Crippen molar-refractivity contribution in [3.63, 3.8) is 0 Å². The molecule has 0 aliphatic rings. The lowest BCUT2D eigenvalue weighted by atomic mass is 10.1. The fraction of sp³-hybridized carbons (Fsp3) is 0.400. The van der Waals surface area contributed by atoms with Crippen LogP contribution in [0.25, 0.3) is 11.1 Å². The fourth-order valence-corrected chi connectivity index (χ4v) is 2.06. The minimum atomic E-state index is -0.503. The third-order valence-corrected chi connectivity index (χ3v) is 3.20. The minimum Gasteiger partial charge on any atom is -0.490 e. The molecule has 7 nitrogen and oxygen atoms in total. The molecule has 0 fully saturated rings. The number of nitro benzene ring substituents is 1. The Hall–Kier alpha value is -2.57. The number of rotatable bonds is 6. The van der Waals surface area contributed by atoms with Crippen molar-refractivity contribution in [1.82, 2.24) is 9.78 Å². The number of ether oxygens (including phenoxy) is 1. The first kappa shape index (κ1) is 15.8. The molecule has 0 aliphatic heterocycles.